The Morgan fingerprint density at radius 1 is 1.33 bits per heavy atom. The van der Waals surface area contributed by atoms with E-state index in [0.717, 1.165) is 16.9 Å². The molecule has 0 aliphatic rings. The van der Waals surface area contributed by atoms with E-state index in [1.165, 1.54) is 0 Å². The van der Waals surface area contributed by atoms with Gasteiger partial charge in [0.25, 0.3) is 5.91 Å². The first-order chi connectivity index (χ1) is 8.60. The van der Waals surface area contributed by atoms with Gasteiger partial charge in [-0.15, -0.1) is 0 Å². The molecule has 0 saturated heterocycles. The lowest BCUT2D eigenvalue weighted by Gasteiger charge is -2.07. The van der Waals surface area contributed by atoms with Gasteiger partial charge in [-0.05, 0) is 44.5 Å². The third-order valence-electron chi connectivity index (χ3n) is 2.71. The first kappa shape index (κ1) is 12.4. The van der Waals surface area contributed by atoms with Crippen LogP contribution in [0.15, 0.2) is 30.3 Å². The van der Waals surface area contributed by atoms with E-state index >= 15 is 0 Å². The third-order valence-corrected chi connectivity index (χ3v) is 2.71. The molecule has 2 rings (SSSR count). The van der Waals surface area contributed by atoms with Crippen LogP contribution in [-0.2, 0) is 6.54 Å². The number of nitrogens with zero attached hydrogens (tertiary/aromatic N) is 2. The fraction of sp³-hybridized carbons (Fsp3) is 0.286. The van der Waals surface area contributed by atoms with Gasteiger partial charge in [0.1, 0.15) is 5.69 Å². The molecule has 0 bridgehead atoms. The molecule has 0 spiro atoms. The minimum Gasteiger partial charge on any atom is -0.321 e. The zero-order chi connectivity index (χ0) is 13.1. The SMILES string of the molecule is CCn1nc(C)cc1C(=O)Nc1cccc(C)c1. The highest BCUT2D eigenvalue weighted by atomic mass is 16.2. The summed E-state index contributed by atoms with van der Waals surface area (Å²) in [5.41, 5.74) is 3.37. The molecule has 4 nitrogen and oxygen atoms in total. The van der Waals surface area contributed by atoms with E-state index in [4.69, 9.17) is 0 Å². The molecule has 0 aliphatic carbocycles. The number of rotatable bonds is 3. The van der Waals surface area contributed by atoms with Crippen LogP contribution in [0.3, 0.4) is 0 Å². The van der Waals surface area contributed by atoms with Crippen molar-refractivity contribution in [3.05, 3.63) is 47.3 Å². The predicted molar refractivity (Wildman–Crippen MR) is 71.8 cm³/mol. The summed E-state index contributed by atoms with van der Waals surface area (Å²) < 4.78 is 1.71. The summed E-state index contributed by atoms with van der Waals surface area (Å²) in [5, 5.41) is 7.15. The Morgan fingerprint density at radius 3 is 2.78 bits per heavy atom. The Hall–Kier alpha value is -2.10. The van der Waals surface area contributed by atoms with E-state index in [1.54, 1.807) is 10.7 Å². The van der Waals surface area contributed by atoms with E-state index in [9.17, 15) is 4.79 Å². The van der Waals surface area contributed by atoms with Gasteiger partial charge in [0.15, 0.2) is 0 Å². The zero-order valence-electron chi connectivity index (χ0n) is 10.9. The fourth-order valence-electron chi connectivity index (χ4n) is 1.89. The molecule has 0 atom stereocenters. The van der Waals surface area contributed by atoms with Crippen LogP contribution in [-0.4, -0.2) is 15.7 Å². The van der Waals surface area contributed by atoms with Crippen LogP contribution < -0.4 is 5.32 Å². The lowest BCUT2D eigenvalue weighted by Crippen LogP contribution is -2.17. The molecular weight excluding hydrogens is 226 g/mol. The monoisotopic (exact) mass is 243 g/mol. The van der Waals surface area contributed by atoms with Crippen molar-refractivity contribution in [1.82, 2.24) is 9.78 Å². The number of anilines is 1. The summed E-state index contributed by atoms with van der Waals surface area (Å²) in [4.78, 5) is 12.1. The summed E-state index contributed by atoms with van der Waals surface area (Å²) >= 11 is 0. The zero-order valence-corrected chi connectivity index (χ0v) is 10.9. The molecule has 0 radical (unpaired) electrons. The van der Waals surface area contributed by atoms with E-state index < -0.39 is 0 Å². The van der Waals surface area contributed by atoms with Gasteiger partial charge in [-0.3, -0.25) is 9.48 Å². The van der Waals surface area contributed by atoms with E-state index in [2.05, 4.69) is 10.4 Å². The highest BCUT2D eigenvalue weighted by Gasteiger charge is 2.13. The number of hydrogen-bond acceptors (Lipinski definition) is 2. The second-order valence-electron chi connectivity index (χ2n) is 4.31. The van der Waals surface area contributed by atoms with Crippen molar-refractivity contribution in [3.63, 3.8) is 0 Å². The quantitative estimate of drug-likeness (QED) is 0.901. The maximum atomic E-state index is 12.1. The van der Waals surface area contributed by atoms with Crippen LogP contribution >= 0.6 is 0 Å². The summed E-state index contributed by atoms with van der Waals surface area (Å²) in [7, 11) is 0. The lowest BCUT2D eigenvalue weighted by atomic mass is 10.2. The van der Waals surface area contributed by atoms with Crippen molar-refractivity contribution in [3.8, 4) is 0 Å². The largest absolute Gasteiger partial charge is 0.321 e. The van der Waals surface area contributed by atoms with Gasteiger partial charge in [0.2, 0.25) is 0 Å². The molecular formula is C14H17N3O. The molecule has 1 aromatic carbocycles. The van der Waals surface area contributed by atoms with Gasteiger partial charge in [0, 0.05) is 12.2 Å². The highest BCUT2D eigenvalue weighted by molar-refractivity contribution is 6.03. The predicted octanol–water partition coefficient (Wildman–Crippen LogP) is 2.77. The van der Waals surface area contributed by atoms with Gasteiger partial charge >= 0.3 is 0 Å². The first-order valence-electron chi connectivity index (χ1n) is 6.02. The Labute approximate surface area is 107 Å². The van der Waals surface area contributed by atoms with Gasteiger partial charge in [-0.25, -0.2) is 0 Å². The number of aryl methyl sites for hydroxylation is 3. The molecule has 1 N–H and O–H groups in total. The maximum absolute atomic E-state index is 12.1. The maximum Gasteiger partial charge on any atom is 0.273 e. The fourth-order valence-corrected chi connectivity index (χ4v) is 1.89. The van der Waals surface area contributed by atoms with Crippen LogP contribution in [0.25, 0.3) is 0 Å². The summed E-state index contributed by atoms with van der Waals surface area (Å²) in [6, 6.07) is 9.54. The summed E-state index contributed by atoms with van der Waals surface area (Å²) in [6.45, 7) is 6.53. The Kier molecular flexibility index (Phi) is 3.46. The Bertz CT molecular complexity index is 572. The van der Waals surface area contributed by atoms with Crippen molar-refractivity contribution < 1.29 is 4.79 Å². The highest BCUT2D eigenvalue weighted by Crippen LogP contribution is 2.12. The van der Waals surface area contributed by atoms with Crippen molar-refractivity contribution in [2.75, 3.05) is 5.32 Å². The standard InChI is InChI=1S/C14H17N3O/c1-4-17-13(9-11(3)16-17)14(18)15-12-7-5-6-10(2)8-12/h5-9H,4H2,1-3H3,(H,15,18). The van der Waals surface area contributed by atoms with E-state index in [0.29, 0.717) is 12.2 Å². The lowest BCUT2D eigenvalue weighted by molar-refractivity contribution is 0.101. The Morgan fingerprint density at radius 2 is 2.11 bits per heavy atom. The number of nitrogens with one attached hydrogen (secondary N) is 1. The van der Waals surface area contributed by atoms with Gasteiger partial charge in [-0.1, -0.05) is 12.1 Å². The minimum atomic E-state index is -0.122. The van der Waals surface area contributed by atoms with Crippen LogP contribution in [0, 0.1) is 13.8 Å². The second kappa shape index (κ2) is 5.04. The van der Waals surface area contributed by atoms with Crippen molar-refractivity contribution >= 4 is 11.6 Å². The number of carbonyl (C=O) groups excluding carboxylic acids is 1. The first-order valence-corrected chi connectivity index (χ1v) is 6.02. The average Bonchev–Trinajstić information content (AvgIpc) is 2.70. The van der Waals surface area contributed by atoms with Gasteiger partial charge < -0.3 is 5.32 Å². The van der Waals surface area contributed by atoms with Gasteiger partial charge in [0.05, 0.1) is 5.69 Å². The molecule has 1 amide bonds. The normalized spacial score (nSPS) is 10.4. The summed E-state index contributed by atoms with van der Waals surface area (Å²) in [6.07, 6.45) is 0. The molecule has 0 saturated carbocycles. The smallest absolute Gasteiger partial charge is 0.273 e. The van der Waals surface area contributed by atoms with Crippen LogP contribution in [0.5, 0.6) is 0 Å². The van der Waals surface area contributed by atoms with Crippen LogP contribution in [0.1, 0.15) is 28.7 Å². The van der Waals surface area contributed by atoms with Crippen molar-refractivity contribution in [1.29, 1.82) is 0 Å². The average molecular weight is 243 g/mol. The number of hydrogen-bond donors (Lipinski definition) is 1. The molecule has 1 heterocycles. The van der Waals surface area contributed by atoms with Crippen molar-refractivity contribution in [2.45, 2.75) is 27.3 Å². The number of carbonyl (C=O) groups is 1. The van der Waals surface area contributed by atoms with Crippen LogP contribution in [0.2, 0.25) is 0 Å². The molecule has 0 aliphatic heterocycles. The number of amides is 1. The van der Waals surface area contributed by atoms with E-state index in [1.807, 2.05) is 45.0 Å². The van der Waals surface area contributed by atoms with Gasteiger partial charge in [-0.2, -0.15) is 5.10 Å². The molecule has 4 heteroatoms. The molecule has 18 heavy (non-hydrogen) atoms. The molecule has 1 aromatic heterocycles. The topological polar surface area (TPSA) is 46.9 Å². The minimum absolute atomic E-state index is 0.122. The molecule has 94 valence electrons. The van der Waals surface area contributed by atoms with E-state index in [-0.39, 0.29) is 5.91 Å². The van der Waals surface area contributed by atoms with Crippen LogP contribution in [0.4, 0.5) is 5.69 Å². The molecule has 2 aromatic rings. The number of aromatic nitrogens is 2. The molecule has 0 fully saturated rings. The van der Waals surface area contributed by atoms with Crippen molar-refractivity contribution in [2.24, 2.45) is 0 Å². The summed E-state index contributed by atoms with van der Waals surface area (Å²) in [5.74, 6) is -0.122. The Balaban J connectivity index is 2.21. The molecule has 0 unspecified atom stereocenters. The second-order valence-corrected chi connectivity index (χ2v) is 4.31. The third kappa shape index (κ3) is 2.59. The number of benzene rings is 1.